The molecule has 8 heteroatoms. The molecule has 2 saturated heterocycles. The van der Waals surface area contributed by atoms with Gasteiger partial charge in [-0.3, -0.25) is 9.59 Å². The third kappa shape index (κ3) is 5.62. The first kappa shape index (κ1) is 23.4. The van der Waals surface area contributed by atoms with E-state index in [9.17, 15) is 18.0 Å². The fourth-order valence-corrected chi connectivity index (χ4v) is 5.93. The topological polar surface area (TPSA) is 78.0 Å². The molecule has 0 N–H and O–H groups in total. The lowest BCUT2D eigenvalue weighted by Crippen LogP contribution is -2.50. The maximum Gasteiger partial charge on any atom is 0.253 e. The van der Waals surface area contributed by atoms with Gasteiger partial charge in [0, 0.05) is 51.3 Å². The van der Waals surface area contributed by atoms with Gasteiger partial charge in [0.2, 0.25) is 15.9 Å². The lowest BCUT2D eigenvalue weighted by atomic mass is 10.1. The zero-order chi connectivity index (χ0) is 23.3. The van der Waals surface area contributed by atoms with E-state index in [1.54, 1.807) is 33.5 Å². The molecular formula is C25H31N3O4S. The summed E-state index contributed by atoms with van der Waals surface area (Å²) in [5.74, 6) is 0.0640. The van der Waals surface area contributed by atoms with Crippen LogP contribution in [0.2, 0.25) is 0 Å². The molecule has 0 radical (unpaired) electrons. The summed E-state index contributed by atoms with van der Waals surface area (Å²) >= 11 is 0. The quantitative estimate of drug-likeness (QED) is 0.652. The first-order valence-electron chi connectivity index (χ1n) is 11.7. The van der Waals surface area contributed by atoms with Crippen LogP contribution < -0.4 is 0 Å². The molecule has 0 bridgehead atoms. The predicted octanol–water partition coefficient (Wildman–Crippen LogP) is 2.78. The summed E-state index contributed by atoms with van der Waals surface area (Å²) in [6, 6.07) is 16.1. The monoisotopic (exact) mass is 469 g/mol. The SMILES string of the molecule is O=C(CCc1ccc(S(=O)(=O)N2CCCCC2)cc1)N1CCN(C(=O)c2ccccc2)CC1. The largest absolute Gasteiger partial charge is 0.339 e. The van der Waals surface area contributed by atoms with Crippen molar-refractivity contribution in [3.8, 4) is 0 Å². The molecule has 2 aliphatic rings. The van der Waals surface area contributed by atoms with Gasteiger partial charge in [0.1, 0.15) is 0 Å². The second-order valence-electron chi connectivity index (χ2n) is 8.65. The molecule has 0 unspecified atom stereocenters. The lowest BCUT2D eigenvalue weighted by molar-refractivity contribution is -0.132. The van der Waals surface area contributed by atoms with Crippen LogP contribution in [0.3, 0.4) is 0 Å². The summed E-state index contributed by atoms with van der Waals surface area (Å²) < 4.78 is 27.1. The average molecular weight is 470 g/mol. The highest BCUT2D eigenvalue weighted by atomic mass is 32.2. The summed E-state index contributed by atoms with van der Waals surface area (Å²) in [5, 5.41) is 0. The van der Waals surface area contributed by atoms with Crippen LogP contribution in [0, 0.1) is 0 Å². The number of piperidine rings is 1. The molecule has 2 amide bonds. The van der Waals surface area contributed by atoms with Crippen LogP contribution in [0.25, 0.3) is 0 Å². The van der Waals surface area contributed by atoms with E-state index in [1.807, 2.05) is 35.2 Å². The van der Waals surface area contributed by atoms with Crippen LogP contribution in [-0.2, 0) is 21.2 Å². The van der Waals surface area contributed by atoms with Crippen LogP contribution in [0.5, 0.6) is 0 Å². The van der Waals surface area contributed by atoms with Crippen molar-refractivity contribution >= 4 is 21.8 Å². The Morgan fingerprint density at radius 2 is 1.33 bits per heavy atom. The molecule has 2 aromatic carbocycles. The van der Waals surface area contributed by atoms with Gasteiger partial charge < -0.3 is 9.80 Å². The van der Waals surface area contributed by atoms with Gasteiger partial charge in [0.25, 0.3) is 5.91 Å². The summed E-state index contributed by atoms with van der Waals surface area (Å²) in [5.41, 5.74) is 1.61. The van der Waals surface area contributed by atoms with Gasteiger partial charge in [-0.25, -0.2) is 8.42 Å². The zero-order valence-electron chi connectivity index (χ0n) is 18.9. The van der Waals surface area contributed by atoms with Gasteiger partial charge in [0.05, 0.1) is 4.90 Å². The first-order valence-corrected chi connectivity index (χ1v) is 13.1. The molecule has 7 nitrogen and oxygen atoms in total. The molecular weight excluding hydrogens is 438 g/mol. The second kappa shape index (κ2) is 10.5. The highest BCUT2D eigenvalue weighted by Gasteiger charge is 2.26. The van der Waals surface area contributed by atoms with E-state index in [1.165, 1.54) is 0 Å². The average Bonchev–Trinajstić information content (AvgIpc) is 2.88. The minimum Gasteiger partial charge on any atom is -0.339 e. The number of hydrogen-bond acceptors (Lipinski definition) is 4. The van der Waals surface area contributed by atoms with Crippen molar-refractivity contribution in [1.82, 2.24) is 14.1 Å². The van der Waals surface area contributed by atoms with E-state index >= 15 is 0 Å². The van der Waals surface area contributed by atoms with E-state index in [-0.39, 0.29) is 11.8 Å². The third-order valence-electron chi connectivity index (χ3n) is 6.44. The molecule has 176 valence electrons. The highest BCUT2D eigenvalue weighted by Crippen LogP contribution is 2.21. The Hall–Kier alpha value is -2.71. The number of piperazine rings is 1. The maximum atomic E-state index is 12.8. The molecule has 0 saturated carbocycles. The molecule has 2 fully saturated rings. The lowest BCUT2D eigenvalue weighted by Gasteiger charge is -2.35. The number of rotatable bonds is 6. The number of hydrogen-bond donors (Lipinski definition) is 0. The van der Waals surface area contributed by atoms with Crippen molar-refractivity contribution in [3.63, 3.8) is 0 Å². The van der Waals surface area contributed by atoms with Crippen molar-refractivity contribution < 1.29 is 18.0 Å². The van der Waals surface area contributed by atoms with Crippen LogP contribution in [0.15, 0.2) is 59.5 Å². The molecule has 0 atom stereocenters. The zero-order valence-corrected chi connectivity index (χ0v) is 19.7. The fourth-order valence-electron chi connectivity index (χ4n) is 4.41. The summed E-state index contributed by atoms with van der Waals surface area (Å²) in [7, 11) is -3.43. The number of aryl methyl sites for hydroxylation is 1. The third-order valence-corrected chi connectivity index (χ3v) is 8.36. The first-order chi connectivity index (χ1) is 15.9. The Labute approximate surface area is 196 Å². The van der Waals surface area contributed by atoms with E-state index in [4.69, 9.17) is 0 Å². The fraction of sp³-hybridized carbons (Fsp3) is 0.440. The Bertz CT molecular complexity index is 1060. The molecule has 2 aliphatic heterocycles. The Kier molecular flexibility index (Phi) is 7.45. The molecule has 4 rings (SSSR count). The normalized spacial score (nSPS) is 17.7. The van der Waals surface area contributed by atoms with Gasteiger partial charge in [-0.05, 0) is 49.1 Å². The molecule has 0 aliphatic carbocycles. The minimum atomic E-state index is -3.43. The van der Waals surface area contributed by atoms with Crippen molar-refractivity contribution in [3.05, 3.63) is 65.7 Å². The van der Waals surface area contributed by atoms with Gasteiger partial charge in [0.15, 0.2) is 0 Å². The van der Waals surface area contributed by atoms with Gasteiger partial charge in [-0.2, -0.15) is 4.31 Å². The van der Waals surface area contributed by atoms with Crippen molar-refractivity contribution in [2.24, 2.45) is 0 Å². The number of carbonyl (C=O) groups is 2. The van der Waals surface area contributed by atoms with Crippen LogP contribution >= 0.6 is 0 Å². The summed E-state index contributed by atoms with van der Waals surface area (Å²) in [4.78, 5) is 29.2. The van der Waals surface area contributed by atoms with Gasteiger partial charge in [-0.1, -0.05) is 36.8 Å². The van der Waals surface area contributed by atoms with Crippen molar-refractivity contribution in [2.75, 3.05) is 39.3 Å². The van der Waals surface area contributed by atoms with Crippen LogP contribution in [0.4, 0.5) is 0 Å². The van der Waals surface area contributed by atoms with E-state index < -0.39 is 10.0 Å². The predicted molar refractivity (Wildman–Crippen MR) is 126 cm³/mol. The molecule has 2 aromatic rings. The number of sulfonamides is 1. The standard InChI is InChI=1S/C25H31N3O4S/c29-24(26-17-19-27(20-18-26)25(30)22-7-3-1-4-8-22)14-11-21-9-12-23(13-10-21)33(31,32)28-15-5-2-6-16-28/h1,3-4,7-10,12-13H,2,5-6,11,14-20H2. The smallest absolute Gasteiger partial charge is 0.253 e. The van der Waals surface area contributed by atoms with Crippen LogP contribution in [0.1, 0.15) is 41.6 Å². The van der Waals surface area contributed by atoms with Crippen molar-refractivity contribution in [1.29, 1.82) is 0 Å². The van der Waals surface area contributed by atoms with E-state index in [0.29, 0.717) is 62.6 Å². The molecule has 33 heavy (non-hydrogen) atoms. The number of nitrogens with zero attached hydrogens (tertiary/aromatic N) is 3. The Morgan fingerprint density at radius 3 is 1.97 bits per heavy atom. The van der Waals surface area contributed by atoms with E-state index in [2.05, 4.69) is 0 Å². The van der Waals surface area contributed by atoms with Gasteiger partial charge in [-0.15, -0.1) is 0 Å². The molecule has 2 heterocycles. The second-order valence-corrected chi connectivity index (χ2v) is 10.6. The molecule has 0 aromatic heterocycles. The molecule has 0 spiro atoms. The Balaban J connectivity index is 1.26. The van der Waals surface area contributed by atoms with Crippen LogP contribution in [-0.4, -0.2) is 73.6 Å². The number of benzene rings is 2. The number of amides is 2. The summed E-state index contributed by atoms with van der Waals surface area (Å²) in [6.07, 6.45) is 3.83. The maximum absolute atomic E-state index is 12.8. The number of carbonyl (C=O) groups excluding carboxylic acids is 2. The highest BCUT2D eigenvalue weighted by molar-refractivity contribution is 7.89. The van der Waals surface area contributed by atoms with Crippen molar-refractivity contribution in [2.45, 2.75) is 37.0 Å². The van der Waals surface area contributed by atoms with Gasteiger partial charge >= 0.3 is 0 Å². The van der Waals surface area contributed by atoms with E-state index in [0.717, 1.165) is 24.8 Å². The minimum absolute atomic E-state index is 0.00212. The summed E-state index contributed by atoms with van der Waals surface area (Å²) in [6.45, 7) is 3.30. The Morgan fingerprint density at radius 1 is 0.727 bits per heavy atom.